The maximum atomic E-state index is 12.9. The molecule has 1 saturated carbocycles. The molecule has 4 nitrogen and oxygen atoms in total. The van der Waals surface area contributed by atoms with Gasteiger partial charge >= 0.3 is 0 Å². The quantitative estimate of drug-likeness (QED) is 0.945. The Morgan fingerprint density at radius 3 is 2.95 bits per heavy atom. The molecule has 1 N–H and O–H groups in total. The minimum atomic E-state index is -0.00778. The fraction of sp³-hybridized carbons (Fsp3) is 0.333. The third-order valence-electron chi connectivity index (χ3n) is 4.28. The van der Waals surface area contributed by atoms with Gasteiger partial charge in [0.1, 0.15) is 5.69 Å². The Morgan fingerprint density at radius 2 is 2.09 bits per heavy atom. The molecule has 4 rings (SSSR count). The van der Waals surface area contributed by atoms with Crippen molar-refractivity contribution in [2.45, 2.75) is 31.7 Å². The number of anilines is 2. The molecule has 112 valence electrons. The van der Waals surface area contributed by atoms with E-state index in [1.807, 2.05) is 35.2 Å². The van der Waals surface area contributed by atoms with Crippen molar-refractivity contribution in [1.82, 2.24) is 4.98 Å². The summed E-state index contributed by atoms with van der Waals surface area (Å²) >= 11 is 0. The van der Waals surface area contributed by atoms with E-state index < -0.39 is 0 Å². The smallest absolute Gasteiger partial charge is 0.276 e. The molecule has 0 bridgehead atoms. The Kier molecular flexibility index (Phi) is 3.29. The van der Waals surface area contributed by atoms with Gasteiger partial charge < -0.3 is 10.2 Å². The lowest BCUT2D eigenvalue weighted by Gasteiger charge is -2.29. The standard InChI is InChI=1S/C18H19N3O/c22-18(16-12-15(9-10-19-16)20-14-7-8-14)21-11-3-5-13-4-1-2-6-17(13)21/h1-2,4,6,9-10,12,14H,3,5,7-8,11H2,(H,19,20). The molecule has 0 radical (unpaired) electrons. The van der Waals surface area contributed by atoms with Crippen LogP contribution in [-0.4, -0.2) is 23.5 Å². The van der Waals surface area contributed by atoms with Gasteiger partial charge in [0.2, 0.25) is 0 Å². The van der Waals surface area contributed by atoms with Crippen LogP contribution in [0.15, 0.2) is 42.6 Å². The van der Waals surface area contributed by atoms with E-state index >= 15 is 0 Å². The number of nitrogens with one attached hydrogen (secondary N) is 1. The van der Waals surface area contributed by atoms with Crippen LogP contribution in [-0.2, 0) is 6.42 Å². The van der Waals surface area contributed by atoms with E-state index in [1.54, 1.807) is 6.20 Å². The van der Waals surface area contributed by atoms with Crippen LogP contribution in [0.25, 0.3) is 0 Å². The topological polar surface area (TPSA) is 45.2 Å². The molecule has 0 unspecified atom stereocenters. The highest BCUT2D eigenvalue weighted by molar-refractivity contribution is 6.05. The largest absolute Gasteiger partial charge is 0.382 e. The summed E-state index contributed by atoms with van der Waals surface area (Å²) in [5.74, 6) is -0.00778. The molecule has 2 aromatic rings. The highest BCUT2D eigenvalue weighted by atomic mass is 16.2. The summed E-state index contributed by atoms with van der Waals surface area (Å²) in [6.07, 6.45) is 6.18. The number of carbonyl (C=O) groups excluding carboxylic acids is 1. The predicted octanol–water partition coefficient (Wildman–Crippen LogP) is 3.25. The second-order valence-corrected chi connectivity index (χ2v) is 6.04. The van der Waals surface area contributed by atoms with Crippen LogP contribution >= 0.6 is 0 Å². The molecule has 1 aromatic heterocycles. The van der Waals surface area contributed by atoms with E-state index in [9.17, 15) is 4.79 Å². The van der Waals surface area contributed by atoms with Crippen molar-refractivity contribution in [3.8, 4) is 0 Å². The number of fused-ring (bicyclic) bond motifs is 1. The number of hydrogen-bond donors (Lipinski definition) is 1. The van der Waals surface area contributed by atoms with Gasteiger partial charge in [-0.25, -0.2) is 0 Å². The lowest BCUT2D eigenvalue weighted by atomic mass is 10.0. The first-order valence-corrected chi connectivity index (χ1v) is 7.93. The van der Waals surface area contributed by atoms with Crippen LogP contribution in [0.4, 0.5) is 11.4 Å². The maximum Gasteiger partial charge on any atom is 0.276 e. The average Bonchev–Trinajstić information content (AvgIpc) is 3.38. The molecular weight excluding hydrogens is 274 g/mol. The van der Waals surface area contributed by atoms with Crippen molar-refractivity contribution < 1.29 is 4.79 Å². The summed E-state index contributed by atoms with van der Waals surface area (Å²) in [7, 11) is 0. The number of carbonyl (C=O) groups is 1. The van der Waals surface area contributed by atoms with Crippen molar-refractivity contribution >= 4 is 17.3 Å². The molecule has 2 aliphatic rings. The predicted molar refractivity (Wildman–Crippen MR) is 87.3 cm³/mol. The van der Waals surface area contributed by atoms with Gasteiger partial charge in [0.15, 0.2) is 0 Å². The first-order chi connectivity index (χ1) is 10.8. The highest BCUT2D eigenvalue weighted by Crippen LogP contribution is 2.29. The summed E-state index contributed by atoms with van der Waals surface area (Å²) in [6.45, 7) is 0.762. The summed E-state index contributed by atoms with van der Waals surface area (Å²) in [5.41, 5.74) is 3.78. The number of aromatic nitrogens is 1. The zero-order chi connectivity index (χ0) is 14.9. The lowest BCUT2D eigenvalue weighted by Crippen LogP contribution is -2.35. The van der Waals surface area contributed by atoms with Gasteiger partial charge in [-0.2, -0.15) is 0 Å². The van der Waals surface area contributed by atoms with Gasteiger partial charge in [-0.3, -0.25) is 9.78 Å². The Balaban J connectivity index is 1.62. The Labute approximate surface area is 130 Å². The number of nitrogens with zero attached hydrogens (tertiary/aromatic N) is 2. The third kappa shape index (κ3) is 2.56. The van der Waals surface area contributed by atoms with Crippen molar-refractivity contribution in [3.63, 3.8) is 0 Å². The van der Waals surface area contributed by atoms with Gasteiger partial charge in [0, 0.05) is 30.2 Å². The number of benzene rings is 1. The minimum absolute atomic E-state index is 0.00778. The van der Waals surface area contributed by atoms with E-state index in [2.05, 4.69) is 16.4 Å². The highest BCUT2D eigenvalue weighted by Gasteiger charge is 2.25. The molecule has 2 heterocycles. The van der Waals surface area contributed by atoms with E-state index in [-0.39, 0.29) is 5.91 Å². The molecule has 22 heavy (non-hydrogen) atoms. The molecule has 1 aliphatic heterocycles. The van der Waals surface area contributed by atoms with Crippen LogP contribution in [0.1, 0.15) is 35.3 Å². The van der Waals surface area contributed by atoms with Gasteiger partial charge in [0.25, 0.3) is 5.91 Å². The first kappa shape index (κ1) is 13.3. The first-order valence-electron chi connectivity index (χ1n) is 7.93. The summed E-state index contributed by atoms with van der Waals surface area (Å²) in [6, 6.07) is 12.5. The van der Waals surface area contributed by atoms with Crippen molar-refractivity contribution in [2.75, 3.05) is 16.8 Å². The molecule has 1 fully saturated rings. The molecule has 0 atom stereocenters. The number of hydrogen-bond acceptors (Lipinski definition) is 3. The van der Waals surface area contributed by atoms with Gasteiger partial charge in [0.05, 0.1) is 0 Å². The average molecular weight is 293 g/mol. The van der Waals surface area contributed by atoms with Crippen LogP contribution in [0, 0.1) is 0 Å². The van der Waals surface area contributed by atoms with E-state index in [1.165, 1.54) is 18.4 Å². The molecule has 1 amide bonds. The SMILES string of the molecule is O=C(c1cc(NC2CC2)ccn1)N1CCCc2ccccc21. The summed E-state index contributed by atoms with van der Waals surface area (Å²) in [5, 5.41) is 3.42. The molecule has 0 spiro atoms. The second kappa shape index (κ2) is 5.44. The van der Waals surface area contributed by atoms with Gasteiger partial charge in [-0.15, -0.1) is 0 Å². The number of pyridine rings is 1. The van der Waals surface area contributed by atoms with Crippen LogP contribution in [0.2, 0.25) is 0 Å². The molecule has 0 saturated heterocycles. The van der Waals surface area contributed by atoms with E-state index in [0.717, 1.165) is 30.8 Å². The summed E-state index contributed by atoms with van der Waals surface area (Å²) < 4.78 is 0. The molecule has 4 heteroatoms. The van der Waals surface area contributed by atoms with Crippen molar-refractivity contribution in [1.29, 1.82) is 0 Å². The second-order valence-electron chi connectivity index (χ2n) is 6.04. The number of para-hydroxylation sites is 1. The van der Waals surface area contributed by atoms with Crippen LogP contribution < -0.4 is 10.2 Å². The Morgan fingerprint density at radius 1 is 1.23 bits per heavy atom. The minimum Gasteiger partial charge on any atom is -0.382 e. The van der Waals surface area contributed by atoms with E-state index in [0.29, 0.717) is 11.7 Å². The maximum absolute atomic E-state index is 12.9. The Bertz CT molecular complexity index is 709. The molecule has 1 aliphatic carbocycles. The van der Waals surface area contributed by atoms with Gasteiger partial charge in [-0.05, 0) is 49.4 Å². The fourth-order valence-electron chi connectivity index (χ4n) is 2.98. The lowest BCUT2D eigenvalue weighted by molar-refractivity contribution is 0.0980. The fourth-order valence-corrected chi connectivity index (χ4v) is 2.98. The van der Waals surface area contributed by atoms with E-state index in [4.69, 9.17) is 0 Å². The molecular formula is C18H19N3O. The zero-order valence-electron chi connectivity index (χ0n) is 12.5. The van der Waals surface area contributed by atoms with Crippen molar-refractivity contribution in [3.05, 3.63) is 53.9 Å². The third-order valence-corrected chi connectivity index (χ3v) is 4.28. The zero-order valence-corrected chi connectivity index (χ0v) is 12.5. The van der Waals surface area contributed by atoms with Crippen LogP contribution in [0.3, 0.4) is 0 Å². The Hall–Kier alpha value is -2.36. The molecule has 1 aromatic carbocycles. The van der Waals surface area contributed by atoms with Gasteiger partial charge in [-0.1, -0.05) is 18.2 Å². The number of aryl methyl sites for hydroxylation is 1. The van der Waals surface area contributed by atoms with Crippen molar-refractivity contribution in [2.24, 2.45) is 0 Å². The number of rotatable bonds is 3. The number of amides is 1. The summed E-state index contributed by atoms with van der Waals surface area (Å²) in [4.78, 5) is 19.0. The van der Waals surface area contributed by atoms with Crippen LogP contribution in [0.5, 0.6) is 0 Å². The normalized spacial score (nSPS) is 17.0. The monoisotopic (exact) mass is 293 g/mol.